The first-order valence-corrected chi connectivity index (χ1v) is 14.5. The predicted octanol–water partition coefficient (Wildman–Crippen LogP) is 4.77. The zero-order valence-corrected chi connectivity index (χ0v) is 24.8. The van der Waals surface area contributed by atoms with E-state index < -0.39 is 35.4 Å². The molecule has 5 aromatic rings. The number of hydrogen-bond acceptors (Lipinski definition) is 12. The summed E-state index contributed by atoms with van der Waals surface area (Å²) in [5.41, 5.74) is 1.88. The van der Waals surface area contributed by atoms with Gasteiger partial charge in [0.05, 0.1) is 31.7 Å². The van der Waals surface area contributed by atoms with Crippen LogP contribution in [-0.4, -0.2) is 64.8 Å². The fourth-order valence-corrected chi connectivity index (χ4v) is 5.64. The molecule has 3 aromatic carbocycles. The van der Waals surface area contributed by atoms with Crippen molar-refractivity contribution in [2.75, 3.05) is 25.7 Å². The largest absolute Gasteiger partial charge is 0.493 e. The number of nitrogens with zero attached hydrogens (tertiary/aromatic N) is 4. The summed E-state index contributed by atoms with van der Waals surface area (Å²) in [5, 5.41) is 8.40. The normalized spacial score (nSPS) is 14.5. The topological polar surface area (TPSA) is 151 Å². The van der Waals surface area contributed by atoms with Gasteiger partial charge in [0.25, 0.3) is 0 Å². The molecule has 0 N–H and O–H groups in total. The van der Waals surface area contributed by atoms with E-state index in [2.05, 4.69) is 15.2 Å². The molecule has 0 aliphatic carbocycles. The average Bonchev–Trinajstić information content (AvgIpc) is 3.63. The molecule has 3 heterocycles. The summed E-state index contributed by atoms with van der Waals surface area (Å²) < 4.78 is 21.4. The Kier molecular flexibility index (Phi) is 8.25. The Morgan fingerprint density at radius 2 is 1.71 bits per heavy atom. The highest BCUT2D eigenvalue weighted by molar-refractivity contribution is 8.00. The number of methoxy groups -OCH3 is 2. The number of rotatable bonds is 10. The fraction of sp³-hybridized carbons (Fsp3) is 0.156. The number of imide groups is 1. The van der Waals surface area contributed by atoms with E-state index in [1.807, 2.05) is 30.3 Å². The van der Waals surface area contributed by atoms with Gasteiger partial charge < -0.3 is 18.6 Å². The summed E-state index contributed by atoms with van der Waals surface area (Å²) in [6.45, 7) is -0.494. The molecular weight excluding hydrogens is 600 g/mol. The second kappa shape index (κ2) is 12.6. The zero-order chi connectivity index (χ0) is 31.5. The monoisotopic (exact) mass is 624 g/mol. The van der Waals surface area contributed by atoms with Gasteiger partial charge in [-0.3, -0.25) is 14.4 Å². The van der Waals surface area contributed by atoms with Crippen LogP contribution in [0.3, 0.4) is 0 Å². The number of furan rings is 1. The van der Waals surface area contributed by atoms with Crippen LogP contribution in [0.15, 0.2) is 88.6 Å². The number of carbonyl (C=O) groups excluding carboxylic acids is 4. The second-order valence-electron chi connectivity index (χ2n) is 9.77. The minimum Gasteiger partial charge on any atom is -0.493 e. The van der Waals surface area contributed by atoms with Crippen LogP contribution in [0.2, 0.25) is 0 Å². The number of amides is 2. The van der Waals surface area contributed by atoms with Crippen molar-refractivity contribution in [3.63, 3.8) is 0 Å². The first-order valence-electron chi connectivity index (χ1n) is 13.6. The Balaban J connectivity index is 1.08. The van der Waals surface area contributed by atoms with Gasteiger partial charge in [0.2, 0.25) is 17.0 Å². The third-order valence-corrected chi connectivity index (χ3v) is 8.01. The number of aromatic nitrogens is 3. The van der Waals surface area contributed by atoms with Crippen LogP contribution in [-0.2, 0) is 14.3 Å². The van der Waals surface area contributed by atoms with Gasteiger partial charge in [-0.2, -0.15) is 5.10 Å². The molecule has 1 aliphatic rings. The number of anilines is 1. The minimum atomic E-state index is -0.766. The molecule has 13 heteroatoms. The molecule has 0 bridgehead atoms. The van der Waals surface area contributed by atoms with E-state index in [0.29, 0.717) is 34.2 Å². The number of benzene rings is 3. The van der Waals surface area contributed by atoms with E-state index in [9.17, 15) is 19.2 Å². The molecule has 0 spiro atoms. The molecule has 226 valence electrons. The van der Waals surface area contributed by atoms with Crippen LogP contribution in [0.25, 0.3) is 22.4 Å². The highest BCUT2D eigenvalue weighted by Crippen LogP contribution is 2.34. The number of carbonyl (C=O) groups is 4. The van der Waals surface area contributed by atoms with Crippen LogP contribution in [0.4, 0.5) is 5.69 Å². The van der Waals surface area contributed by atoms with Crippen molar-refractivity contribution in [1.29, 1.82) is 0 Å². The van der Waals surface area contributed by atoms with Crippen LogP contribution in [0.5, 0.6) is 11.5 Å². The molecule has 1 unspecified atom stereocenters. The number of para-hydroxylation sites is 1. The predicted molar refractivity (Wildman–Crippen MR) is 162 cm³/mol. The van der Waals surface area contributed by atoms with Crippen LogP contribution in [0.1, 0.15) is 27.1 Å². The molecule has 1 atom stereocenters. The van der Waals surface area contributed by atoms with Gasteiger partial charge in [-0.25, -0.2) is 14.7 Å². The SMILES string of the molecule is COc1ccc(C(=O)COC(=O)c2ccc(N3C(=O)CC(Sc4nncc(-c5cc6ccccc6o5)n4)C3=O)cc2)cc1OC. The van der Waals surface area contributed by atoms with Crippen molar-refractivity contribution < 1.29 is 37.8 Å². The van der Waals surface area contributed by atoms with Crippen LogP contribution >= 0.6 is 11.8 Å². The summed E-state index contributed by atoms with van der Waals surface area (Å²) in [7, 11) is 2.93. The van der Waals surface area contributed by atoms with Gasteiger partial charge in [0, 0.05) is 17.4 Å². The van der Waals surface area contributed by atoms with Crippen molar-refractivity contribution in [1.82, 2.24) is 15.2 Å². The van der Waals surface area contributed by atoms with E-state index in [4.69, 9.17) is 18.6 Å². The van der Waals surface area contributed by atoms with E-state index in [1.54, 1.807) is 12.1 Å². The third kappa shape index (κ3) is 6.10. The highest BCUT2D eigenvalue weighted by Gasteiger charge is 2.41. The number of thioether (sulfide) groups is 1. The smallest absolute Gasteiger partial charge is 0.338 e. The van der Waals surface area contributed by atoms with E-state index in [1.165, 1.54) is 50.7 Å². The number of Topliss-reactive ketones (excluding diaryl/α,β-unsaturated/α-hetero) is 1. The maximum Gasteiger partial charge on any atom is 0.338 e. The average molecular weight is 625 g/mol. The minimum absolute atomic E-state index is 0.0657. The molecular formula is C32H24N4O8S. The van der Waals surface area contributed by atoms with Crippen molar-refractivity contribution in [2.24, 2.45) is 0 Å². The van der Waals surface area contributed by atoms with Gasteiger partial charge in [-0.1, -0.05) is 30.0 Å². The third-order valence-electron chi connectivity index (χ3n) is 6.97. The van der Waals surface area contributed by atoms with Crippen molar-refractivity contribution in [3.05, 3.63) is 90.1 Å². The Labute approximate surface area is 260 Å². The maximum atomic E-state index is 13.3. The molecule has 12 nitrogen and oxygen atoms in total. The molecule has 6 rings (SSSR count). The highest BCUT2D eigenvalue weighted by atomic mass is 32.2. The lowest BCUT2D eigenvalue weighted by Crippen LogP contribution is -2.31. The molecule has 0 radical (unpaired) electrons. The number of fused-ring (bicyclic) bond motifs is 1. The van der Waals surface area contributed by atoms with Gasteiger partial charge in [0.15, 0.2) is 29.6 Å². The van der Waals surface area contributed by atoms with Crippen molar-refractivity contribution in [2.45, 2.75) is 16.8 Å². The van der Waals surface area contributed by atoms with Crippen molar-refractivity contribution >= 4 is 52.0 Å². The number of hydrogen-bond donors (Lipinski definition) is 0. The van der Waals surface area contributed by atoms with Gasteiger partial charge >= 0.3 is 5.97 Å². The zero-order valence-electron chi connectivity index (χ0n) is 24.0. The number of esters is 1. The maximum absolute atomic E-state index is 13.3. The molecule has 2 amide bonds. The quantitative estimate of drug-likeness (QED) is 0.120. The summed E-state index contributed by atoms with van der Waals surface area (Å²) in [6, 6.07) is 19.8. The van der Waals surface area contributed by atoms with E-state index in [0.717, 1.165) is 22.0 Å². The number of ketones is 1. The summed E-state index contributed by atoms with van der Waals surface area (Å²) >= 11 is 1.04. The summed E-state index contributed by atoms with van der Waals surface area (Å²) in [4.78, 5) is 56.8. The molecule has 1 fully saturated rings. The summed E-state index contributed by atoms with van der Waals surface area (Å²) in [5.74, 6) is -0.681. The van der Waals surface area contributed by atoms with Gasteiger partial charge in [-0.15, -0.1) is 5.10 Å². The van der Waals surface area contributed by atoms with Crippen LogP contribution in [0, 0.1) is 0 Å². The molecule has 2 aromatic heterocycles. The lowest BCUT2D eigenvalue weighted by molar-refractivity contribution is -0.121. The van der Waals surface area contributed by atoms with Crippen LogP contribution < -0.4 is 14.4 Å². The number of ether oxygens (including phenoxy) is 3. The Bertz CT molecular complexity index is 1910. The van der Waals surface area contributed by atoms with Gasteiger partial charge in [0.1, 0.15) is 16.5 Å². The van der Waals surface area contributed by atoms with E-state index in [-0.39, 0.29) is 22.7 Å². The Morgan fingerprint density at radius 1 is 0.956 bits per heavy atom. The second-order valence-corrected chi connectivity index (χ2v) is 10.9. The lowest BCUT2D eigenvalue weighted by Gasteiger charge is -2.15. The summed E-state index contributed by atoms with van der Waals surface area (Å²) in [6.07, 6.45) is 1.40. The lowest BCUT2D eigenvalue weighted by atomic mass is 10.1. The Morgan fingerprint density at radius 3 is 2.47 bits per heavy atom. The van der Waals surface area contributed by atoms with E-state index >= 15 is 0 Å². The molecule has 45 heavy (non-hydrogen) atoms. The standard InChI is InChI=1S/C32H24N4O8S/c1-41-25-12-9-19(13-27(25)42-2)23(37)17-43-31(40)18-7-10-21(11-8-18)36-29(38)15-28(30(36)39)45-32-34-22(16-33-35-32)26-14-20-5-3-4-6-24(20)44-26/h3-14,16,28H,15,17H2,1-2H3. The molecule has 0 saturated carbocycles. The fourth-order valence-electron chi connectivity index (χ4n) is 4.71. The first kappa shape index (κ1) is 29.5. The Hall–Kier alpha value is -5.56. The molecule has 1 aliphatic heterocycles. The first-order chi connectivity index (χ1) is 21.8. The van der Waals surface area contributed by atoms with Gasteiger partial charge in [-0.05, 0) is 54.6 Å². The van der Waals surface area contributed by atoms with Crippen molar-refractivity contribution in [3.8, 4) is 23.0 Å². The molecule has 1 saturated heterocycles.